The lowest BCUT2D eigenvalue weighted by Crippen LogP contribution is -2.48. The van der Waals surface area contributed by atoms with Crippen molar-refractivity contribution in [3.05, 3.63) is 0 Å². The first-order chi connectivity index (χ1) is 6.99. The fourth-order valence-corrected chi connectivity index (χ4v) is 2.08. The van der Waals surface area contributed by atoms with Gasteiger partial charge in [-0.05, 0) is 46.6 Å². The molecule has 1 aliphatic heterocycles. The average molecular weight is 215 g/mol. The molecule has 1 aliphatic rings. The quantitative estimate of drug-likeness (QED) is 0.708. The number of ether oxygens (including phenoxy) is 1. The van der Waals surface area contributed by atoms with E-state index < -0.39 is 0 Å². The Morgan fingerprint density at radius 2 is 2.13 bits per heavy atom. The van der Waals surface area contributed by atoms with Crippen LogP contribution in [0.3, 0.4) is 0 Å². The van der Waals surface area contributed by atoms with Gasteiger partial charge in [-0.2, -0.15) is 0 Å². The summed E-state index contributed by atoms with van der Waals surface area (Å²) >= 11 is 0. The number of hydrogen-bond donors (Lipinski definition) is 1. The van der Waals surface area contributed by atoms with Crippen LogP contribution in [-0.2, 0) is 4.74 Å². The molecule has 0 aromatic carbocycles. The second-order valence-corrected chi connectivity index (χ2v) is 5.23. The predicted molar refractivity (Wildman–Crippen MR) is 62.0 cm³/mol. The summed E-state index contributed by atoms with van der Waals surface area (Å²) < 4.78 is 5.66. The van der Waals surface area contributed by atoms with Gasteiger partial charge in [-0.15, -0.1) is 0 Å². The van der Waals surface area contributed by atoms with Gasteiger partial charge < -0.3 is 9.84 Å². The Hall–Kier alpha value is -0.120. The number of rotatable bonds is 5. The maximum Gasteiger partial charge on any atom is 0.0753 e. The van der Waals surface area contributed by atoms with Crippen LogP contribution in [0.25, 0.3) is 0 Å². The van der Waals surface area contributed by atoms with Gasteiger partial charge >= 0.3 is 0 Å². The summed E-state index contributed by atoms with van der Waals surface area (Å²) in [5.74, 6) is 0. The van der Waals surface area contributed by atoms with Crippen LogP contribution < -0.4 is 0 Å². The summed E-state index contributed by atoms with van der Waals surface area (Å²) in [5, 5.41) is 9.14. The molecule has 1 unspecified atom stereocenters. The van der Waals surface area contributed by atoms with E-state index in [0.29, 0.717) is 0 Å². The van der Waals surface area contributed by atoms with Crippen LogP contribution in [0.4, 0.5) is 0 Å². The molecule has 1 heterocycles. The summed E-state index contributed by atoms with van der Waals surface area (Å²) in [5.41, 5.74) is 0.0164. The normalized spacial score (nSPS) is 24.0. The fraction of sp³-hybridized carbons (Fsp3) is 1.00. The molecule has 0 aliphatic carbocycles. The van der Waals surface area contributed by atoms with Crippen molar-refractivity contribution in [2.75, 3.05) is 26.2 Å². The first kappa shape index (κ1) is 12.9. The number of morpholine rings is 1. The molecule has 15 heavy (non-hydrogen) atoms. The van der Waals surface area contributed by atoms with Crippen LogP contribution >= 0.6 is 0 Å². The van der Waals surface area contributed by atoms with Crippen LogP contribution in [0.1, 0.15) is 40.0 Å². The van der Waals surface area contributed by atoms with E-state index >= 15 is 0 Å². The maximum atomic E-state index is 9.14. The van der Waals surface area contributed by atoms with Crippen molar-refractivity contribution in [1.29, 1.82) is 0 Å². The van der Waals surface area contributed by atoms with E-state index in [2.05, 4.69) is 18.7 Å². The third-order valence-electron chi connectivity index (χ3n) is 2.85. The SMILES string of the molecule is CC(O)CCCCN1CCOC(C)(C)C1. The van der Waals surface area contributed by atoms with E-state index in [1.54, 1.807) is 0 Å². The fourth-order valence-electron chi connectivity index (χ4n) is 2.08. The Balaban J connectivity index is 2.11. The zero-order valence-electron chi connectivity index (χ0n) is 10.3. The highest BCUT2D eigenvalue weighted by Gasteiger charge is 2.26. The van der Waals surface area contributed by atoms with Gasteiger partial charge in [0.2, 0.25) is 0 Å². The van der Waals surface area contributed by atoms with Gasteiger partial charge in [0, 0.05) is 13.1 Å². The molecule has 1 fully saturated rings. The van der Waals surface area contributed by atoms with Crippen molar-refractivity contribution in [3.63, 3.8) is 0 Å². The molecular formula is C12H25NO2. The average Bonchev–Trinajstić information content (AvgIpc) is 2.10. The Bertz CT molecular complexity index is 180. The minimum atomic E-state index is -0.147. The summed E-state index contributed by atoms with van der Waals surface area (Å²) in [4.78, 5) is 2.46. The van der Waals surface area contributed by atoms with Crippen LogP contribution in [-0.4, -0.2) is 48.0 Å². The van der Waals surface area contributed by atoms with Gasteiger partial charge in [0.25, 0.3) is 0 Å². The summed E-state index contributed by atoms with van der Waals surface area (Å²) in [6.45, 7) is 10.2. The third kappa shape index (κ3) is 5.50. The smallest absolute Gasteiger partial charge is 0.0753 e. The lowest BCUT2D eigenvalue weighted by molar-refractivity contribution is -0.0861. The van der Waals surface area contributed by atoms with Gasteiger partial charge in [-0.1, -0.05) is 0 Å². The summed E-state index contributed by atoms with van der Waals surface area (Å²) in [6, 6.07) is 0. The van der Waals surface area contributed by atoms with Crippen LogP contribution in [0.5, 0.6) is 0 Å². The second-order valence-electron chi connectivity index (χ2n) is 5.23. The number of hydrogen-bond acceptors (Lipinski definition) is 3. The van der Waals surface area contributed by atoms with Crippen LogP contribution in [0.15, 0.2) is 0 Å². The Kier molecular flexibility index (Phi) is 5.03. The van der Waals surface area contributed by atoms with E-state index in [9.17, 15) is 0 Å². The van der Waals surface area contributed by atoms with Crippen molar-refractivity contribution in [1.82, 2.24) is 4.90 Å². The predicted octanol–water partition coefficient (Wildman–Crippen LogP) is 1.65. The number of aliphatic hydroxyl groups excluding tert-OH is 1. The standard InChI is InChI=1S/C12H25NO2/c1-11(14)6-4-5-7-13-8-9-15-12(2,3)10-13/h11,14H,4-10H2,1-3H3. The van der Waals surface area contributed by atoms with E-state index in [0.717, 1.165) is 39.1 Å². The highest BCUT2D eigenvalue weighted by atomic mass is 16.5. The minimum Gasteiger partial charge on any atom is -0.393 e. The highest BCUT2D eigenvalue weighted by Crippen LogP contribution is 2.16. The molecule has 1 saturated heterocycles. The Labute approximate surface area is 93.4 Å². The Morgan fingerprint density at radius 3 is 2.73 bits per heavy atom. The first-order valence-electron chi connectivity index (χ1n) is 6.04. The molecular weight excluding hydrogens is 190 g/mol. The monoisotopic (exact) mass is 215 g/mol. The number of unbranched alkanes of at least 4 members (excludes halogenated alkanes) is 1. The first-order valence-corrected chi connectivity index (χ1v) is 6.04. The van der Waals surface area contributed by atoms with Crippen molar-refractivity contribution in [2.45, 2.75) is 51.7 Å². The van der Waals surface area contributed by atoms with Gasteiger partial charge in [0.15, 0.2) is 0 Å². The lowest BCUT2D eigenvalue weighted by Gasteiger charge is -2.38. The molecule has 1 N–H and O–H groups in total. The molecule has 0 bridgehead atoms. The van der Waals surface area contributed by atoms with Crippen molar-refractivity contribution >= 4 is 0 Å². The van der Waals surface area contributed by atoms with Crippen molar-refractivity contribution in [3.8, 4) is 0 Å². The topological polar surface area (TPSA) is 32.7 Å². The maximum absolute atomic E-state index is 9.14. The van der Waals surface area contributed by atoms with E-state index in [4.69, 9.17) is 9.84 Å². The Morgan fingerprint density at radius 1 is 1.40 bits per heavy atom. The van der Waals surface area contributed by atoms with Gasteiger partial charge in [0.1, 0.15) is 0 Å². The molecule has 1 atom stereocenters. The summed E-state index contributed by atoms with van der Waals surface area (Å²) in [6.07, 6.45) is 3.08. The van der Waals surface area contributed by atoms with Crippen LogP contribution in [0.2, 0.25) is 0 Å². The van der Waals surface area contributed by atoms with E-state index in [-0.39, 0.29) is 11.7 Å². The summed E-state index contributed by atoms with van der Waals surface area (Å²) in [7, 11) is 0. The molecule has 0 aromatic heterocycles. The third-order valence-corrected chi connectivity index (χ3v) is 2.85. The molecule has 0 spiro atoms. The molecule has 3 heteroatoms. The van der Waals surface area contributed by atoms with Gasteiger partial charge in [0.05, 0.1) is 18.3 Å². The van der Waals surface area contributed by atoms with E-state index in [1.807, 2.05) is 6.92 Å². The highest BCUT2D eigenvalue weighted by molar-refractivity contribution is 4.78. The van der Waals surface area contributed by atoms with Gasteiger partial charge in [-0.3, -0.25) is 4.90 Å². The number of aliphatic hydroxyl groups is 1. The molecule has 3 nitrogen and oxygen atoms in total. The largest absolute Gasteiger partial charge is 0.393 e. The van der Waals surface area contributed by atoms with Crippen molar-refractivity contribution < 1.29 is 9.84 Å². The van der Waals surface area contributed by atoms with Crippen molar-refractivity contribution in [2.24, 2.45) is 0 Å². The molecule has 0 amide bonds. The zero-order chi connectivity index (χ0) is 11.3. The minimum absolute atomic E-state index is 0.0164. The van der Waals surface area contributed by atoms with Gasteiger partial charge in [-0.25, -0.2) is 0 Å². The number of nitrogens with zero attached hydrogens (tertiary/aromatic N) is 1. The lowest BCUT2D eigenvalue weighted by atomic mass is 10.1. The molecule has 0 saturated carbocycles. The van der Waals surface area contributed by atoms with E-state index in [1.165, 1.54) is 6.42 Å². The zero-order valence-corrected chi connectivity index (χ0v) is 10.3. The molecule has 90 valence electrons. The molecule has 1 rings (SSSR count). The second kappa shape index (κ2) is 5.83. The van der Waals surface area contributed by atoms with Crippen LogP contribution in [0, 0.1) is 0 Å². The molecule has 0 aromatic rings. The molecule has 0 radical (unpaired) electrons.